The summed E-state index contributed by atoms with van der Waals surface area (Å²) in [6.45, 7) is 1.66. The Labute approximate surface area is 273 Å². The molecule has 0 unspecified atom stereocenters. The molecule has 1 N–H and O–H groups in total. The molecule has 230 valence electrons. The van der Waals surface area contributed by atoms with Gasteiger partial charge in [0.25, 0.3) is 10.0 Å². The Morgan fingerprint density at radius 1 is 0.818 bits per heavy atom. The average Bonchev–Trinajstić information content (AvgIpc) is 3.02. The third kappa shape index (κ3) is 8.33. The predicted octanol–water partition coefficient (Wildman–Crippen LogP) is 7.01. The van der Waals surface area contributed by atoms with Crippen LogP contribution in [0.5, 0.6) is 0 Å². The molecule has 4 aromatic carbocycles. The van der Waals surface area contributed by atoms with Crippen molar-refractivity contribution in [3.8, 4) is 0 Å². The standard InChI is InChI=1S/C33H32Cl3N3O4S/c1-2-19-37-33(41)31(20-24-11-5-3-6-12-24)38(22-25-13-9-10-16-28(25)35)32(40)23-39(30-18-17-26(34)21-29(30)36)44(42,43)27-14-7-4-8-15-27/h3-18,21,31H,2,19-20,22-23H2,1H3,(H,37,41)/t31-/m0/s1. The number of anilines is 1. The number of nitrogens with one attached hydrogen (secondary N) is 1. The number of sulfonamides is 1. The molecule has 4 aromatic rings. The second-order valence-electron chi connectivity index (χ2n) is 10.0. The summed E-state index contributed by atoms with van der Waals surface area (Å²) < 4.78 is 29.0. The number of halogens is 3. The molecule has 0 spiro atoms. The van der Waals surface area contributed by atoms with E-state index >= 15 is 0 Å². The van der Waals surface area contributed by atoms with E-state index in [2.05, 4.69) is 5.32 Å². The van der Waals surface area contributed by atoms with E-state index in [1.54, 1.807) is 42.5 Å². The predicted molar refractivity (Wildman–Crippen MR) is 177 cm³/mol. The zero-order chi connectivity index (χ0) is 31.7. The Morgan fingerprint density at radius 2 is 1.45 bits per heavy atom. The lowest BCUT2D eigenvalue weighted by molar-refractivity contribution is -0.140. The highest BCUT2D eigenvalue weighted by Crippen LogP contribution is 2.33. The van der Waals surface area contributed by atoms with Gasteiger partial charge in [0.2, 0.25) is 11.8 Å². The van der Waals surface area contributed by atoms with Gasteiger partial charge in [0.05, 0.1) is 15.6 Å². The lowest BCUT2D eigenvalue weighted by Crippen LogP contribution is -2.53. The summed E-state index contributed by atoms with van der Waals surface area (Å²) in [5.41, 5.74) is 1.50. The fourth-order valence-electron chi connectivity index (χ4n) is 4.65. The third-order valence-electron chi connectivity index (χ3n) is 6.91. The SMILES string of the molecule is CCCNC(=O)[C@H](Cc1ccccc1)N(Cc1ccccc1Cl)C(=O)CN(c1ccc(Cl)cc1Cl)S(=O)(=O)c1ccccc1. The van der Waals surface area contributed by atoms with Crippen molar-refractivity contribution in [2.24, 2.45) is 0 Å². The van der Waals surface area contributed by atoms with E-state index in [-0.39, 0.29) is 34.5 Å². The van der Waals surface area contributed by atoms with Crippen molar-refractivity contribution in [3.63, 3.8) is 0 Å². The van der Waals surface area contributed by atoms with Gasteiger partial charge in [-0.1, -0.05) is 108 Å². The highest BCUT2D eigenvalue weighted by atomic mass is 35.5. The van der Waals surface area contributed by atoms with Gasteiger partial charge in [0.15, 0.2) is 0 Å². The number of benzene rings is 4. The highest BCUT2D eigenvalue weighted by molar-refractivity contribution is 7.92. The number of amides is 2. The Morgan fingerprint density at radius 3 is 2.09 bits per heavy atom. The van der Waals surface area contributed by atoms with Crippen molar-refractivity contribution in [1.82, 2.24) is 10.2 Å². The molecule has 7 nitrogen and oxygen atoms in total. The Hall–Kier alpha value is -3.56. The van der Waals surface area contributed by atoms with Gasteiger partial charge in [-0.05, 0) is 53.9 Å². The van der Waals surface area contributed by atoms with Crippen molar-refractivity contribution in [1.29, 1.82) is 0 Å². The van der Waals surface area contributed by atoms with Crippen LogP contribution in [-0.4, -0.2) is 44.3 Å². The Kier molecular flexibility index (Phi) is 11.7. The quantitative estimate of drug-likeness (QED) is 0.166. The van der Waals surface area contributed by atoms with Crippen LogP contribution in [0.4, 0.5) is 5.69 Å². The van der Waals surface area contributed by atoms with E-state index in [0.717, 1.165) is 9.87 Å². The first-order chi connectivity index (χ1) is 21.1. The van der Waals surface area contributed by atoms with Crippen molar-refractivity contribution < 1.29 is 18.0 Å². The molecule has 2 amide bonds. The Balaban J connectivity index is 1.82. The van der Waals surface area contributed by atoms with Gasteiger partial charge in [-0.2, -0.15) is 0 Å². The lowest BCUT2D eigenvalue weighted by atomic mass is 10.0. The Bertz CT molecular complexity index is 1690. The topological polar surface area (TPSA) is 86.8 Å². The van der Waals surface area contributed by atoms with Gasteiger partial charge in [0, 0.05) is 29.6 Å². The maximum Gasteiger partial charge on any atom is 0.264 e. The molecule has 11 heteroatoms. The number of nitrogens with zero attached hydrogens (tertiary/aromatic N) is 2. The van der Waals surface area contributed by atoms with E-state index in [9.17, 15) is 18.0 Å². The van der Waals surface area contributed by atoms with Gasteiger partial charge < -0.3 is 10.2 Å². The molecule has 0 aromatic heterocycles. The number of carbonyl (C=O) groups excluding carboxylic acids is 2. The zero-order valence-corrected chi connectivity index (χ0v) is 27.1. The molecule has 0 aliphatic heterocycles. The van der Waals surface area contributed by atoms with E-state index in [1.165, 1.54) is 35.2 Å². The highest BCUT2D eigenvalue weighted by Gasteiger charge is 2.35. The third-order valence-corrected chi connectivity index (χ3v) is 9.59. The second-order valence-corrected chi connectivity index (χ2v) is 13.1. The molecule has 0 saturated carbocycles. The molecule has 4 rings (SSSR count). The van der Waals surface area contributed by atoms with Gasteiger partial charge in [-0.15, -0.1) is 0 Å². The maximum absolute atomic E-state index is 14.4. The second kappa shape index (κ2) is 15.4. The van der Waals surface area contributed by atoms with Gasteiger partial charge >= 0.3 is 0 Å². The van der Waals surface area contributed by atoms with E-state index in [4.69, 9.17) is 34.8 Å². The van der Waals surface area contributed by atoms with Gasteiger partial charge in [0.1, 0.15) is 12.6 Å². The van der Waals surface area contributed by atoms with Crippen LogP contribution in [0.2, 0.25) is 15.1 Å². The molecule has 0 saturated heterocycles. The summed E-state index contributed by atoms with van der Waals surface area (Å²) >= 11 is 19.2. The smallest absolute Gasteiger partial charge is 0.264 e. The first-order valence-electron chi connectivity index (χ1n) is 14.0. The van der Waals surface area contributed by atoms with Crippen molar-refractivity contribution in [3.05, 3.63) is 129 Å². The van der Waals surface area contributed by atoms with Gasteiger partial charge in [-0.3, -0.25) is 13.9 Å². The molecule has 0 aliphatic rings. The average molecular weight is 673 g/mol. The first-order valence-corrected chi connectivity index (χ1v) is 16.6. The monoisotopic (exact) mass is 671 g/mol. The fourth-order valence-corrected chi connectivity index (χ4v) is 6.86. The molecule has 0 fully saturated rings. The van der Waals surface area contributed by atoms with Crippen LogP contribution < -0.4 is 9.62 Å². The molecule has 0 bridgehead atoms. The van der Waals surface area contributed by atoms with Crippen LogP contribution in [0, 0.1) is 0 Å². The molecule has 0 heterocycles. The van der Waals surface area contributed by atoms with Gasteiger partial charge in [-0.25, -0.2) is 8.42 Å². The molecular weight excluding hydrogens is 641 g/mol. The molecule has 0 aliphatic carbocycles. The summed E-state index contributed by atoms with van der Waals surface area (Å²) in [5.74, 6) is -0.985. The first kappa shape index (κ1) is 33.3. The minimum absolute atomic E-state index is 0.0296. The summed E-state index contributed by atoms with van der Waals surface area (Å²) in [6.07, 6.45) is 0.889. The molecule has 1 atom stereocenters. The lowest BCUT2D eigenvalue weighted by Gasteiger charge is -2.34. The van der Waals surface area contributed by atoms with Crippen molar-refractivity contribution in [2.45, 2.75) is 37.2 Å². The molecular formula is C33H32Cl3N3O4S. The minimum atomic E-state index is -4.29. The van der Waals surface area contributed by atoms with Crippen LogP contribution in [0.15, 0.2) is 108 Å². The van der Waals surface area contributed by atoms with E-state index in [0.29, 0.717) is 28.6 Å². The normalized spacial score (nSPS) is 11.9. The summed E-state index contributed by atoms with van der Waals surface area (Å²) in [4.78, 5) is 29.5. The molecule has 44 heavy (non-hydrogen) atoms. The van der Waals surface area contributed by atoms with Crippen molar-refractivity contribution >= 4 is 62.3 Å². The fraction of sp³-hybridized carbons (Fsp3) is 0.212. The van der Waals surface area contributed by atoms with Crippen LogP contribution in [-0.2, 0) is 32.6 Å². The summed E-state index contributed by atoms with van der Waals surface area (Å²) in [7, 11) is -4.29. The number of hydrogen-bond donors (Lipinski definition) is 1. The minimum Gasteiger partial charge on any atom is -0.354 e. The van der Waals surface area contributed by atoms with Crippen LogP contribution in [0.25, 0.3) is 0 Å². The van der Waals surface area contributed by atoms with Crippen LogP contribution in [0.3, 0.4) is 0 Å². The van der Waals surface area contributed by atoms with Crippen LogP contribution >= 0.6 is 34.8 Å². The number of hydrogen-bond acceptors (Lipinski definition) is 4. The summed E-state index contributed by atoms with van der Waals surface area (Å²) in [6, 6.07) is 27.5. The largest absolute Gasteiger partial charge is 0.354 e. The summed E-state index contributed by atoms with van der Waals surface area (Å²) in [5, 5.41) is 3.67. The maximum atomic E-state index is 14.4. The zero-order valence-electron chi connectivity index (χ0n) is 24.0. The van der Waals surface area contributed by atoms with E-state index < -0.39 is 28.5 Å². The van der Waals surface area contributed by atoms with Crippen molar-refractivity contribution in [2.75, 3.05) is 17.4 Å². The van der Waals surface area contributed by atoms with Crippen LogP contribution in [0.1, 0.15) is 24.5 Å². The number of rotatable bonds is 13. The number of carbonyl (C=O) groups is 2. The molecule has 0 radical (unpaired) electrons. The van der Waals surface area contributed by atoms with E-state index in [1.807, 2.05) is 37.3 Å².